The van der Waals surface area contributed by atoms with Crippen LogP contribution in [0.15, 0.2) is 30.0 Å². The van der Waals surface area contributed by atoms with Gasteiger partial charge in [-0.3, -0.25) is 15.1 Å². The molecule has 1 aromatic heterocycles. The third-order valence-electron chi connectivity index (χ3n) is 3.70. The summed E-state index contributed by atoms with van der Waals surface area (Å²) >= 11 is 0. The van der Waals surface area contributed by atoms with Crippen LogP contribution in [-0.4, -0.2) is 31.0 Å². The normalized spacial score (nSPS) is 14.3. The average Bonchev–Trinajstić information content (AvgIpc) is 2.56. The Labute approximate surface area is 137 Å². The SMILES string of the molecule is CONc1cccnc1N1CCC(=CC#CC(=O)C(C)C)CC1. The number of nitrogens with one attached hydrogen (secondary N) is 1. The molecule has 1 aromatic rings. The van der Waals surface area contributed by atoms with Crippen molar-refractivity contribution in [3.63, 3.8) is 0 Å². The lowest BCUT2D eigenvalue weighted by Crippen LogP contribution is -2.31. The van der Waals surface area contributed by atoms with E-state index in [1.807, 2.05) is 32.1 Å². The summed E-state index contributed by atoms with van der Waals surface area (Å²) in [4.78, 5) is 23.1. The van der Waals surface area contributed by atoms with E-state index in [1.54, 1.807) is 13.3 Å². The van der Waals surface area contributed by atoms with Crippen LogP contribution in [0.1, 0.15) is 26.7 Å². The number of rotatable bonds is 4. The molecule has 5 heteroatoms. The van der Waals surface area contributed by atoms with Gasteiger partial charge < -0.3 is 4.90 Å². The first-order chi connectivity index (χ1) is 11.1. The zero-order valence-electron chi connectivity index (χ0n) is 13.9. The molecule has 122 valence electrons. The van der Waals surface area contributed by atoms with Crippen LogP contribution < -0.4 is 10.4 Å². The van der Waals surface area contributed by atoms with Gasteiger partial charge in [-0.05, 0) is 37.0 Å². The van der Waals surface area contributed by atoms with Crippen LogP contribution in [0.5, 0.6) is 0 Å². The van der Waals surface area contributed by atoms with Gasteiger partial charge in [0.1, 0.15) is 5.69 Å². The van der Waals surface area contributed by atoms with Gasteiger partial charge in [0.25, 0.3) is 0 Å². The van der Waals surface area contributed by atoms with E-state index in [1.165, 1.54) is 5.57 Å². The summed E-state index contributed by atoms with van der Waals surface area (Å²) in [5.41, 5.74) is 5.01. The maximum Gasteiger partial charge on any atom is 0.208 e. The van der Waals surface area contributed by atoms with Crippen LogP contribution in [0.2, 0.25) is 0 Å². The number of pyridine rings is 1. The van der Waals surface area contributed by atoms with Crippen LogP contribution in [0.3, 0.4) is 0 Å². The Morgan fingerprint density at radius 1 is 1.43 bits per heavy atom. The summed E-state index contributed by atoms with van der Waals surface area (Å²) in [7, 11) is 1.59. The molecule has 0 unspecified atom stereocenters. The maximum atomic E-state index is 11.5. The predicted octanol–water partition coefficient (Wildman–Crippen LogP) is 2.81. The van der Waals surface area contributed by atoms with E-state index in [2.05, 4.69) is 27.2 Å². The number of allylic oxidation sites excluding steroid dienone is 1. The highest BCUT2D eigenvalue weighted by Crippen LogP contribution is 2.27. The number of piperidine rings is 1. The summed E-state index contributed by atoms with van der Waals surface area (Å²) < 4.78 is 0. The van der Waals surface area contributed by atoms with Gasteiger partial charge in [-0.25, -0.2) is 4.98 Å². The van der Waals surface area contributed by atoms with Crippen LogP contribution in [-0.2, 0) is 9.63 Å². The molecule has 0 radical (unpaired) electrons. The molecule has 1 aliphatic heterocycles. The van der Waals surface area contributed by atoms with Crippen LogP contribution >= 0.6 is 0 Å². The van der Waals surface area contributed by atoms with E-state index in [0.717, 1.165) is 37.4 Å². The smallest absolute Gasteiger partial charge is 0.208 e. The van der Waals surface area contributed by atoms with Crippen LogP contribution in [0.4, 0.5) is 11.5 Å². The fraction of sp³-hybridized carbons (Fsp3) is 0.444. The predicted molar refractivity (Wildman–Crippen MR) is 92.0 cm³/mol. The van der Waals surface area contributed by atoms with Crippen molar-refractivity contribution < 1.29 is 9.63 Å². The highest BCUT2D eigenvalue weighted by molar-refractivity contribution is 5.97. The summed E-state index contributed by atoms with van der Waals surface area (Å²) in [5, 5.41) is 0. The van der Waals surface area contributed by atoms with Crippen molar-refractivity contribution in [3.8, 4) is 11.8 Å². The van der Waals surface area contributed by atoms with Crippen molar-refractivity contribution in [1.29, 1.82) is 0 Å². The molecule has 0 amide bonds. The molecule has 1 N–H and O–H groups in total. The largest absolute Gasteiger partial charge is 0.354 e. The maximum absolute atomic E-state index is 11.5. The standard InChI is InChI=1S/C18H23N3O2/c1-14(2)17(22)8-4-6-15-9-12-21(13-10-15)18-16(20-23-3)7-5-11-19-18/h5-7,11,14,20H,9-10,12-13H2,1-3H3. The van der Waals surface area contributed by atoms with Gasteiger partial charge in [0.15, 0.2) is 5.82 Å². The van der Waals surface area contributed by atoms with E-state index >= 15 is 0 Å². The fourth-order valence-corrected chi connectivity index (χ4v) is 2.34. The molecule has 1 aliphatic rings. The van der Waals surface area contributed by atoms with Gasteiger partial charge in [-0.2, -0.15) is 0 Å². The van der Waals surface area contributed by atoms with Gasteiger partial charge in [0, 0.05) is 25.2 Å². The number of hydrogen-bond acceptors (Lipinski definition) is 5. The van der Waals surface area contributed by atoms with Crippen LogP contribution in [0.25, 0.3) is 0 Å². The van der Waals surface area contributed by atoms with Gasteiger partial charge in [-0.15, -0.1) is 0 Å². The van der Waals surface area contributed by atoms with Crippen molar-refractivity contribution in [2.75, 3.05) is 30.6 Å². The minimum absolute atomic E-state index is 0.0111. The molecule has 2 heterocycles. The second-order valence-corrected chi connectivity index (χ2v) is 5.76. The lowest BCUT2D eigenvalue weighted by Gasteiger charge is -2.30. The fourth-order valence-electron chi connectivity index (χ4n) is 2.34. The lowest BCUT2D eigenvalue weighted by atomic mass is 10.0. The van der Waals surface area contributed by atoms with E-state index in [0.29, 0.717) is 0 Å². The van der Waals surface area contributed by atoms with E-state index in [4.69, 9.17) is 4.84 Å². The van der Waals surface area contributed by atoms with Crippen molar-refractivity contribution in [2.24, 2.45) is 5.92 Å². The highest BCUT2D eigenvalue weighted by Gasteiger charge is 2.17. The summed E-state index contributed by atoms with van der Waals surface area (Å²) in [6, 6.07) is 3.82. The van der Waals surface area contributed by atoms with Crippen molar-refractivity contribution in [3.05, 3.63) is 30.0 Å². The molecule has 0 bridgehead atoms. The Morgan fingerprint density at radius 3 is 2.83 bits per heavy atom. The first kappa shape index (κ1) is 17.0. The first-order valence-electron chi connectivity index (χ1n) is 7.84. The molecule has 0 saturated carbocycles. The zero-order chi connectivity index (χ0) is 16.7. The number of carbonyl (C=O) groups excluding carboxylic acids is 1. The second-order valence-electron chi connectivity index (χ2n) is 5.76. The molecule has 23 heavy (non-hydrogen) atoms. The van der Waals surface area contributed by atoms with E-state index < -0.39 is 0 Å². The molecular formula is C18H23N3O2. The molecular weight excluding hydrogens is 290 g/mol. The highest BCUT2D eigenvalue weighted by atomic mass is 16.6. The van der Waals surface area contributed by atoms with Gasteiger partial charge in [0.05, 0.1) is 7.11 Å². The number of aromatic nitrogens is 1. The number of carbonyl (C=O) groups is 1. The van der Waals surface area contributed by atoms with E-state index in [-0.39, 0.29) is 11.7 Å². The molecule has 0 aromatic carbocycles. The van der Waals surface area contributed by atoms with Crippen molar-refractivity contribution >= 4 is 17.3 Å². The number of anilines is 2. The minimum atomic E-state index is -0.0291. The molecule has 0 atom stereocenters. The van der Waals surface area contributed by atoms with Gasteiger partial charge in [0.2, 0.25) is 5.78 Å². The summed E-state index contributed by atoms with van der Waals surface area (Å²) in [5.74, 6) is 6.43. The third-order valence-corrected chi connectivity index (χ3v) is 3.70. The molecule has 1 saturated heterocycles. The number of Topliss-reactive ketones (excluding diaryl/α,β-unsaturated/α-hetero) is 1. The monoisotopic (exact) mass is 313 g/mol. The van der Waals surface area contributed by atoms with Gasteiger partial charge >= 0.3 is 0 Å². The number of nitrogens with zero attached hydrogens (tertiary/aromatic N) is 2. The quantitative estimate of drug-likeness (QED) is 0.526. The topological polar surface area (TPSA) is 54.5 Å². The summed E-state index contributed by atoms with van der Waals surface area (Å²) in [6.45, 7) is 5.48. The number of hydrogen-bond donors (Lipinski definition) is 1. The Kier molecular flexibility index (Phi) is 6.19. The average molecular weight is 313 g/mol. The Bertz CT molecular complexity index is 631. The second kappa shape index (κ2) is 8.35. The molecule has 5 nitrogen and oxygen atoms in total. The lowest BCUT2D eigenvalue weighted by molar-refractivity contribution is -0.116. The minimum Gasteiger partial charge on any atom is -0.354 e. The van der Waals surface area contributed by atoms with E-state index in [9.17, 15) is 4.79 Å². The Morgan fingerprint density at radius 2 is 2.17 bits per heavy atom. The Hall–Kier alpha value is -2.32. The van der Waals surface area contributed by atoms with Crippen molar-refractivity contribution in [1.82, 2.24) is 4.98 Å². The summed E-state index contributed by atoms with van der Waals surface area (Å²) in [6.07, 6.45) is 5.52. The molecule has 0 spiro atoms. The molecule has 0 aliphatic carbocycles. The Balaban J connectivity index is 1.98. The molecule has 2 rings (SSSR count). The zero-order valence-corrected chi connectivity index (χ0v) is 13.9. The number of ketones is 1. The third kappa shape index (κ3) is 4.83. The van der Waals surface area contributed by atoms with Crippen LogP contribution in [0, 0.1) is 17.8 Å². The van der Waals surface area contributed by atoms with Crippen molar-refractivity contribution in [2.45, 2.75) is 26.7 Å². The molecule has 1 fully saturated rings. The van der Waals surface area contributed by atoms with Gasteiger partial charge in [-0.1, -0.05) is 25.3 Å². The first-order valence-corrected chi connectivity index (χ1v) is 7.84.